The summed E-state index contributed by atoms with van der Waals surface area (Å²) in [6, 6.07) is 3.83. The maximum atomic E-state index is 5.09. The SMILES string of the molecule is Cl.Cl.NNCc1ccncc1. The summed E-state index contributed by atoms with van der Waals surface area (Å²) in [6.07, 6.45) is 3.49. The molecule has 0 saturated carbocycles. The number of hydrogen-bond donors (Lipinski definition) is 2. The highest BCUT2D eigenvalue weighted by molar-refractivity contribution is 5.85. The summed E-state index contributed by atoms with van der Waals surface area (Å²) in [6.45, 7) is 0.697. The van der Waals surface area contributed by atoms with Crippen LogP contribution in [0.3, 0.4) is 0 Å². The van der Waals surface area contributed by atoms with Crippen LogP contribution in [0.2, 0.25) is 0 Å². The average molecular weight is 196 g/mol. The molecular weight excluding hydrogens is 185 g/mol. The Kier molecular flexibility index (Phi) is 9.34. The molecule has 64 valence electrons. The summed E-state index contributed by atoms with van der Waals surface area (Å²) in [7, 11) is 0. The van der Waals surface area contributed by atoms with E-state index in [1.807, 2.05) is 12.1 Å². The van der Waals surface area contributed by atoms with Crippen LogP contribution in [-0.2, 0) is 6.54 Å². The first-order valence-electron chi connectivity index (χ1n) is 2.76. The highest BCUT2D eigenvalue weighted by atomic mass is 35.5. The Labute approximate surface area is 78.2 Å². The fourth-order valence-electron chi connectivity index (χ4n) is 0.618. The average Bonchev–Trinajstić information content (AvgIpc) is 1.91. The molecule has 3 N–H and O–H groups in total. The van der Waals surface area contributed by atoms with Gasteiger partial charge in [0.1, 0.15) is 0 Å². The molecule has 11 heavy (non-hydrogen) atoms. The molecule has 0 saturated heterocycles. The molecule has 3 nitrogen and oxygen atoms in total. The number of pyridine rings is 1. The molecule has 0 aliphatic heterocycles. The van der Waals surface area contributed by atoms with Gasteiger partial charge in [-0.25, -0.2) is 0 Å². The number of nitrogens with two attached hydrogens (primary N) is 1. The van der Waals surface area contributed by atoms with Crippen molar-refractivity contribution >= 4 is 24.8 Å². The van der Waals surface area contributed by atoms with Crippen LogP contribution in [-0.4, -0.2) is 4.98 Å². The third-order valence-corrected chi connectivity index (χ3v) is 1.06. The van der Waals surface area contributed by atoms with Crippen molar-refractivity contribution in [3.8, 4) is 0 Å². The van der Waals surface area contributed by atoms with Gasteiger partial charge in [-0.05, 0) is 17.7 Å². The second kappa shape index (κ2) is 7.75. The first kappa shape index (κ1) is 13.3. The van der Waals surface area contributed by atoms with Crippen LogP contribution in [0.5, 0.6) is 0 Å². The van der Waals surface area contributed by atoms with Gasteiger partial charge in [-0.3, -0.25) is 16.3 Å². The molecule has 1 aromatic heterocycles. The van der Waals surface area contributed by atoms with Crippen LogP contribution in [0.25, 0.3) is 0 Å². The molecular formula is C6H11Cl2N3. The third kappa shape index (κ3) is 4.98. The van der Waals surface area contributed by atoms with E-state index in [4.69, 9.17) is 5.84 Å². The molecule has 0 atom stereocenters. The van der Waals surface area contributed by atoms with Crippen molar-refractivity contribution in [2.45, 2.75) is 6.54 Å². The van der Waals surface area contributed by atoms with E-state index in [2.05, 4.69) is 10.4 Å². The Bertz CT molecular complexity index is 169. The number of halogens is 2. The fourth-order valence-corrected chi connectivity index (χ4v) is 0.618. The van der Waals surface area contributed by atoms with Crippen LogP contribution < -0.4 is 11.3 Å². The number of nitrogens with one attached hydrogen (secondary N) is 1. The lowest BCUT2D eigenvalue weighted by atomic mass is 10.3. The van der Waals surface area contributed by atoms with Gasteiger partial charge in [0, 0.05) is 18.9 Å². The standard InChI is InChI=1S/C6H9N3.2ClH/c7-9-5-6-1-3-8-4-2-6;;/h1-4,9H,5,7H2;2*1H. The van der Waals surface area contributed by atoms with Gasteiger partial charge in [-0.15, -0.1) is 24.8 Å². The number of hydrazine groups is 1. The lowest BCUT2D eigenvalue weighted by Crippen LogP contribution is -2.20. The van der Waals surface area contributed by atoms with Crippen molar-refractivity contribution in [1.82, 2.24) is 10.4 Å². The predicted molar refractivity (Wildman–Crippen MR) is 49.8 cm³/mol. The Balaban J connectivity index is 0. The Hall–Kier alpha value is -0.350. The van der Waals surface area contributed by atoms with Crippen LogP contribution in [0.15, 0.2) is 24.5 Å². The molecule has 0 bridgehead atoms. The maximum absolute atomic E-state index is 5.09. The predicted octanol–water partition coefficient (Wildman–Crippen LogP) is 0.889. The van der Waals surface area contributed by atoms with Gasteiger partial charge in [0.2, 0.25) is 0 Å². The van der Waals surface area contributed by atoms with Crippen molar-refractivity contribution < 1.29 is 0 Å². The molecule has 0 amide bonds. The molecule has 1 rings (SSSR count). The Morgan fingerprint density at radius 1 is 1.27 bits per heavy atom. The monoisotopic (exact) mass is 195 g/mol. The van der Waals surface area contributed by atoms with Crippen molar-refractivity contribution in [3.63, 3.8) is 0 Å². The normalized spacial score (nSPS) is 7.73. The summed E-state index contributed by atoms with van der Waals surface area (Å²) in [5, 5.41) is 0. The lowest BCUT2D eigenvalue weighted by Gasteiger charge is -1.95. The maximum Gasteiger partial charge on any atom is 0.0349 e. The minimum Gasteiger partial charge on any atom is -0.271 e. The molecule has 1 aromatic rings. The van der Waals surface area contributed by atoms with Gasteiger partial charge in [-0.2, -0.15) is 0 Å². The van der Waals surface area contributed by atoms with Crippen molar-refractivity contribution in [2.24, 2.45) is 5.84 Å². The number of hydrogen-bond acceptors (Lipinski definition) is 3. The van der Waals surface area contributed by atoms with E-state index in [-0.39, 0.29) is 24.8 Å². The summed E-state index contributed by atoms with van der Waals surface area (Å²) >= 11 is 0. The van der Waals surface area contributed by atoms with E-state index < -0.39 is 0 Å². The zero-order valence-electron chi connectivity index (χ0n) is 5.86. The van der Waals surface area contributed by atoms with Gasteiger partial charge in [0.15, 0.2) is 0 Å². The van der Waals surface area contributed by atoms with Gasteiger partial charge in [-0.1, -0.05) is 0 Å². The Morgan fingerprint density at radius 3 is 2.27 bits per heavy atom. The minimum atomic E-state index is 0. The minimum absolute atomic E-state index is 0. The fraction of sp³-hybridized carbons (Fsp3) is 0.167. The van der Waals surface area contributed by atoms with Crippen molar-refractivity contribution in [2.75, 3.05) is 0 Å². The van der Waals surface area contributed by atoms with Crippen LogP contribution in [0.1, 0.15) is 5.56 Å². The molecule has 0 fully saturated rings. The molecule has 0 unspecified atom stereocenters. The van der Waals surface area contributed by atoms with Crippen LogP contribution in [0.4, 0.5) is 0 Å². The van der Waals surface area contributed by atoms with E-state index in [0.717, 1.165) is 5.56 Å². The first-order chi connectivity index (χ1) is 4.43. The van der Waals surface area contributed by atoms with E-state index in [1.165, 1.54) is 0 Å². The van der Waals surface area contributed by atoms with Gasteiger partial charge in [0.05, 0.1) is 0 Å². The third-order valence-electron chi connectivity index (χ3n) is 1.06. The topological polar surface area (TPSA) is 50.9 Å². The molecule has 5 heteroatoms. The number of nitrogens with zero attached hydrogens (tertiary/aromatic N) is 1. The number of aromatic nitrogens is 1. The molecule has 0 aromatic carbocycles. The molecule has 0 aliphatic rings. The van der Waals surface area contributed by atoms with Crippen LogP contribution in [0, 0.1) is 0 Å². The second-order valence-electron chi connectivity index (χ2n) is 1.74. The summed E-state index contributed by atoms with van der Waals surface area (Å²) in [5.74, 6) is 5.09. The van der Waals surface area contributed by atoms with Crippen molar-refractivity contribution in [1.29, 1.82) is 0 Å². The van der Waals surface area contributed by atoms with Gasteiger partial charge < -0.3 is 0 Å². The van der Waals surface area contributed by atoms with E-state index in [9.17, 15) is 0 Å². The zero-order chi connectivity index (χ0) is 6.53. The zero-order valence-corrected chi connectivity index (χ0v) is 7.49. The van der Waals surface area contributed by atoms with Crippen LogP contribution >= 0.6 is 24.8 Å². The number of rotatable bonds is 2. The van der Waals surface area contributed by atoms with Gasteiger partial charge >= 0.3 is 0 Å². The smallest absolute Gasteiger partial charge is 0.0349 e. The summed E-state index contributed by atoms with van der Waals surface area (Å²) in [4.78, 5) is 3.86. The molecule has 0 radical (unpaired) electrons. The molecule has 1 heterocycles. The second-order valence-corrected chi connectivity index (χ2v) is 1.74. The molecule has 0 spiro atoms. The van der Waals surface area contributed by atoms with E-state index >= 15 is 0 Å². The highest BCUT2D eigenvalue weighted by Gasteiger charge is 1.84. The summed E-state index contributed by atoms with van der Waals surface area (Å²) in [5.41, 5.74) is 3.70. The van der Waals surface area contributed by atoms with E-state index in [1.54, 1.807) is 12.4 Å². The largest absolute Gasteiger partial charge is 0.271 e. The highest BCUT2D eigenvalue weighted by Crippen LogP contribution is 1.92. The van der Waals surface area contributed by atoms with Crippen molar-refractivity contribution in [3.05, 3.63) is 30.1 Å². The van der Waals surface area contributed by atoms with Gasteiger partial charge in [0.25, 0.3) is 0 Å². The lowest BCUT2D eigenvalue weighted by molar-refractivity contribution is 0.740. The Morgan fingerprint density at radius 2 is 1.82 bits per heavy atom. The van der Waals surface area contributed by atoms with E-state index in [0.29, 0.717) is 6.54 Å². The first-order valence-corrected chi connectivity index (χ1v) is 2.76. The quantitative estimate of drug-likeness (QED) is 0.545. The molecule has 0 aliphatic carbocycles. The summed E-state index contributed by atoms with van der Waals surface area (Å²) < 4.78 is 0.